The number of aryl methyl sites for hydroxylation is 1. The number of nitrogens with one attached hydrogen (secondary N) is 1. The fourth-order valence-electron chi connectivity index (χ4n) is 2.76. The first-order valence-corrected chi connectivity index (χ1v) is 8.15. The van der Waals surface area contributed by atoms with Crippen LogP contribution in [0.5, 0.6) is 0 Å². The summed E-state index contributed by atoms with van der Waals surface area (Å²) in [6.45, 7) is 4.64. The summed E-state index contributed by atoms with van der Waals surface area (Å²) in [7, 11) is 0. The van der Waals surface area contributed by atoms with E-state index in [1.54, 1.807) is 18.5 Å². The number of likely N-dealkylation sites (tertiary alicyclic amines) is 1. The van der Waals surface area contributed by atoms with E-state index in [-0.39, 0.29) is 17.7 Å². The molecular formula is C17H22N4O3. The van der Waals surface area contributed by atoms with E-state index in [0.717, 1.165) is 37.1 Å². The molecule has 0 aliphatic carbocycles. The number of pyridine rings is 1. The van der Waals surface area contributed by atoms with Crippen LogP contribution in [0.3, 0.4) is 0 Å². The Hall–Kier alpha value is -2.25. The van der Waals surface area contributed by atoms with Gasteiger partial charge in [0.2, 0.25) is 0 Å². The molecule has 3 heterocycles. The summed E-state index contributed by atoms with van der Waals surface area (Å²) in [4.78, 5) is 18.4. The third kappa shape index (κ3) is 4.18. The number of carbonyl (C=O) groups excluding carboxylic acids is 1. The van der Waals surface area contributed by atoms with E-state index in [1.807, 2.05) is 13.0 Å². The minimum Gasteiger partial charge on any atom is -0.393 e. The second-order valence-electron chi connectivity index (χ2n) is 6.17. The number of nitrogens with zero attached hydrogens (tertiary/aromatic N) is 3. The van der Waals surface area contributed by atoms with Crippen LogP contribution in [-0.4, -0.2) is 45.2 Å². The van der Waals surface area contributed by atoms with Gasteiger partial charge in [0.25, 0.3) is 5.91 Å². The Morgan fingerprint density at radius 3 is 3.00 bits per heavy atom. The zero-order valence-electron chi connectivity index (χ0n) is 13.7. The Morgan fingerprint density at radius 2 is 2.25 bits per heavy atom. The lowest BCUT2D eigenvalue weighted by Gasteiger charge is -2.28. The molecule has 0 unspecified atom stereocenters. The highest BCUT2D eigenvalue weighted by atomic mass is 16.5. The van der Waals surface area contributed by atoms with Crippen molar-refractivity contribution in [2.24, 2.45) is 0 Å². The summed E-state index contributed by atoms with van der Waals surface area (Å²) in [5.41, 5.74) is 2.34. The number of amides is 1. The van der Waals surface area contributed by atoms with Crippen molar-refractivity contribution in [3.63, 3.8) is 0 Å². The monoisotopic (exact) mass is 330 g/mol. The molecule has 1 aliphatic rings. The van der Waals surface area contributed by atoms with Crippen LogP contribution in [0.2, 0.25) is 0 Å². The molecule has 0 radical (unpaired) electrons. The van der Waals surface area contributed by atoms with Crippen molar-refractivity contribution in [3.8, 4) is 0 Å². The van der Waals surface area contributed by atoms with E-state index >= 15 is 0 Å². The minimum atomic E-state index is -0.254. The molecule has 0 aromatic carbocycles. The Bertz CT molecular complexity index is 693. The van der Waals surface area contributed by atoms with Crippen molar-refractivity contribution in [3.05, 3.63) is 47.1 Å². The topological polar surface area (TPSA) is 91.5 Å². The molecule has 2 aromatic rings. The third-order valence-electron chi connectivity index (χ3n) is 4.30. The molecule has 0 saturated carbocycles. The molecule has 1 aliphatic heterocycles. The number of hydrogen-bond acceptors (Lipinski definition) is 6. The van der Waals surface area contributed by atoms with Crippen molar-refractivity contribution in [2.75, 3.05) is 13.1 Å². The van der Waals surface area contributed by atoms with Gasteiger partial charge in [0.15, 0.2) is 11.5 Å². The Morgan fingerprint density at radius 1 is 1.46 bits per heavy atom. The van der Waals surface area contributed by atoms with Gasteiger partial charge in [0, 0.05) is 38.1 Å². The van der Waals surface area contributed by atoms with Crippen molar-refractivity contribution < 1.29 is 14.4 Å². The van der Waals surface area contributed by atoms with Gasteiger partial charge >= 0.3 is 0 Å². The summed E-state index contributed by atoms with van der Waals surface area (Å²) in [5.74, 6) is 0.409. The Kier molecular flexibility index (Phi) is 5.22. The van der Waals surface area contributed by atoms with Gasteiger partial charge in [0.05, 0.1) is 12.6 Å². The normalized spacial score (nSPS) is 16.2. The van der Waals surface area contributed by atoms with E-state index in [1.165, 1.54) is 0 Å². The predicted octanol–water partition coefficient (Wildman–Crippen LogP) is 1.26. The third-order valence-corrected chi connectivity index (χ3v) is 4.30. The number of rotatable bonds is 5. The SMILES string of the molecule is Cc1cnccc1CNC(=O)c1cc(CN2CCC(O)CC2)on1. The van der Waals surface area contributed by atoms with Gasteiger partial charge < -0.3 is 14.9 Å². The molecule has 0 atom stereocenters. The quantitative estimate of drug-likeness (QED) is 0.858. The largest absolute Gasteiger partial charge is 0.393 e. The van der Waals surface area contributed by atoms with Crippen molar-refractivity contribution in [1.29, 1.82) is 0 Å². The van der Waals surface area contributed by atoms with Crippen LogP contribution in [-0.2, 0) is 13.1 Å². The molecule has 128 valence electrons. The number of hydrogen-bond donors (Lipinski definition) is 2. The van der Waals surface area contributed by atoms with Gasteiger partial charge in [-0.3, -0.25) is 14.7 Å². The van der Waals surface area contributed by atoms with Gasteiger partial charge in [-0.05, 0) is 37.0 Å². The molecule has 3 rings (SSSR count). The van der Waals surface area contributed by atoms with E-state index in [2.05, 4.69) is 20.4 Å². The number of piperidine rings is 1. The first kappa shape index (κ1) is 16.6. The van der Waals surface area contributed by atoms with Gasteiger partial charge in [-0.1, -0.05) is 5.16 Å². The van der Waals surface area contributed by atoms with Crippen LogP contribution in [0.25, 0.3) is 0 Å². The van der Waals surface area contributed by atoms with Gasteiger partial charge in [-0.15, -0.1) is 0 Å². The highest BCUT2D eigenvalue weighted by Gasteiger charge is 2.19. The summed E-state index contributed by atoms with van der Waals surface area (Å²) in [5, 5.41) is 16.2. The van der Waals surface area contributed by atoms with Crippen molar-refractivity contribution in [1.82, 2.24) is 20.4 Å². The van der Waals surface area contributed by atoms with Crippen LogP contribution in [0.1, 0.15) is 40.2 Å². The first-order chi connectivity index (χ1) is 11.6. The Balaban J connectivity index is 1.53. The Labute approximate surface area is 140 Å². The number of aliphatic hydroxyl groups is 1. The summed E-state index contributed by atoms with van der Waals surface area (Å²) in [6.07, 6.45) is 4.82. The molecule has 7 nitrogen and oxygen atoms in total. The predicted molar refractivity (Wildman–Crippen MR) is 87.2 cm³/mol. The van der Waals surface area contributed by atoms with E-state index in [4.69, 9.17) is 4.52 Å². The maximum absolute atomic E-state index is 12.2. The lowest BCUT2D eigenvalue weighted by molar-refractivity contribution is 0.0748. The van der Waals surface area contributed by atoms with Crippen molar-refractivity contribution >= 4 is 5.91 Å². The molecule has 0 spiro atoms. The molecular weight excluding hydrogens is 308 g/mol. The average molecular weight is 330 g/mol. The van der Waals surface area contributed by atoms with Crippen LogP contribution in [0, 0.1) is 6.92 Å². The zero-order chi connectivity index (χ0) is 16.9. The summed E-state index contributed by atoms with van der Waals surface area (Å²) >= 11 is 0. The lowest BCUT2D eigenvalue weighted by atomic mass is 10.1. The smallest absolute Gasteiger partial charge is 0.273 e. The summed E-state index contributed by atoms with van der Waals surface area (Å²) < 4.78 is 5.27. The average Bonchev–Trinajstić information content (AvgIpc) is 3.05. The second kappa shape index (κ2) is 7.55. The highest BCUT2D eigenvalue weighted by Crippen LogP contribution is 2.14. The highest BCUT2D eigenvalue weighted by molar-refractivity contribution is 5.92. The van der Waals surface area contributed by atoms with Gasteiger partial charge in [-0.2, -0.15) is 0 Å². The molecule has 0 bridgehead atoms. The number of aliphatic hydroxyl groups excluding tert-OH is 1. The van der Waals surface area contributed by atoms with E-state index < -0.39 is 0 Å². The molecule has 1 saturated heterocycles. The fourth-order valence-corrected chi connectivity index (χ4v) is 2.76. The number of carbonyl (C=O) groups is 1. The lowest BCUT2D eigenvalue weighted by Crippen LogP contribution is -2.35. The maximum Gasteiger partial charge on any atom is 0.273 e. The summed E-state index contributed by atoms with van der Waals surface area (Å²) in [6, 6.07) is 3.56. The molecule has 1 fully saturated rings. The fraction of sp³-hybridized carbons (Fsp3) is 0.471. The number of aromatic nitrogens is 2. The maximum atomic E-state index is 12.2. The molecule has 2 N–H and O–H groups in total. The first-order valence-electron chi connectivity index (χ1n) is 8.15. The van der Waals surface area contributed by atoms with E-state index in [9.17, 15) is 9.90 Å². The molecule has 7 heteroatoms. The standard InChI is InChI=1S/C17H22N4O3/c1-12-9-18-5-2-13(12)10-19-17(23)16-8-15(24-20-16)11-21-6-3-14(22)4-7-21/h2,5,8-9,14,22H,3-4,6-7,10-11H2,1H3,(H,19,23). The minimum absolute atomic E-state index is 0.200. The van der Waals surface area contributed by atoms with Gasteiger partial charge in [-0.25, -0.2) is 0 Å². The van der Waals surface area contributed by atoms with Crippen LogP contribution in [0.4, 0.5) is 0 Å². The molecule has 24 heavy (non-hydrogen) atoms. The van der Waals surface area contributed by atoms with Crippen molar-refractivity contribution in [2.45, 2.75) is 39.0 Å². The zero-order valence-corrected chi connectivity index (χ0v) is 13.7. The molecule has 2 aromatic heterocycles. The van der Waals surface area contributed by atoms with E-state index in [0.29, 0.717) is 18.8 Å². The van der Waals surface area contributed by atoms with Gasteiger partial charge in [0.1, 0.15) is 0 Å². The van der Waals surface area contributed by atoms with Crippen LogP contribution < -0.4 is 5.32 Å². The van der Waals surface area contributed by atoms with Crippen LogP contribution >= 0.6 is 0 Å². The second-order valence-corrected chi connectivity index (χ2v) is 6.17. The molecule has 1 amide bonds. The van der Waals surface area contributed by atoms with Crippen LogP contribution in [0.15, 0.2) is 29.0 Å².